The van der Waals surface area contributed by atoms with Crippen LogP contribution in [0.2, 0.25) is 0 Å². The summed E-state index contributed by atoms with van der Waals surface area (Å²) in [6.07, 6.45) is 1.54. The first-order valence-electron chi connectivity index (χ1n) is 5.83. The Morgan fingerprint density at radius 2 is 2.11 bits per heavy atom. The van der Waals surface area contributed by atoms with E-state index in [4.69, 9.17) is 4.74 Å². The van der Waals surface area contributed by atoms with Crippen molar-refractivity contribution in [3.05, 3.63) is 24.3 Å². The highest BCUT2D eigenvalue weighted by molar-refractivity contribution is 7.89. The second kappa shape index (κ2) is 4.87. The van der Waals surface area contributed by atoms with Crippen LogP contribution in [-0.4, -0.2) is 32.3 Å². The van der Waals surface area contributed by atoms with E-state index in [1.807, 2.05) is 6.92 Å². The number of aromatic hydroxyl groups is 1. The smallest absolute Gasteiger partial charge is 0.244 e. The topological polar surface area (TPSA) is 75.6 Å². The van der Waals surface area contributed by atoms with Crippen LogP contribution in [0.3, 0.4) is 0 Å². The molecule has 0 amide bonds. The van der Waals surface area contributed by atoms with Gasteiger partial charge in [0.2, 0.25) is 10.0 Å². The Bertz CT molecular complexity index is 521. The van der Waals surface area contributed by atoms with Gasteiger partial charge < -0.3 is 9.84 Å². The van der Waals surface area contributed by atoms with E-state index < -0.39 is 15.6 Å². The quantitative estimate of drug-likeness (QED) is 0.867. The fourth-order valence-corrected chi connectivity index (χ4v) is 3.60. The molecule has 1 heterocycles. The molecule has 1 aromatic carbocycles. The lowest BCUT2D eigenvalue weighted by molar-refractivity contribution is 0.0386. The fraction of sp³-hybridized carbons (Fsp3) is 0.500. The first kappa shape index (κ1) is 13.3. The van der Waals surface area contributed by atoms with Crippen molar-refractivity contribution in [3.8, 4) is 5.75 Å². The van der Waals surface area contributed by atoms with Crippen LogP contribution in [0.5, 0.6) is 5.75 Å². The van der Waals surface area contributed by atoms with E-state index in [2.05, 4.69) is 4.72 Å². The fourth-order valence-electron chi connectivity index (χ4n) is 2.08. The second-order valence-corrected chi connectivity index (χ2v) is 6.44. The number of benzene rings is 1. The molecule has 1 saturated heterocycles. The minimum Gasteiger partial charge on any atom is -0.507 e. The number of nitrogens with one attached hydrogen (secondary N) is 1. The van der Waals surface area contributed by atoms with Gasteiger partial charge in [-0.1, -0.05) is 12.1 Å². The molecule has 1 atom stereocenters. The summed E-state index contributed by atoms with van der Waals surface area (Å²) in [7, 11) is -3.73. The summed E-state index contributed by atoms with van der Waals surface area (Å²) < 4.78 is 32.3. The number of hydrogen-bond acceptors (Lipinski definition) is 4. The number of rotatable bonds is 3. The Kier molecular flexibility index (Phi) is 3.61. The van der Waals surface area contributed by atoms with Gasteiger partial charge in [0.1, 0.15) is 10.6 Å². The average Bonchev–Trinajstić information content (AvgIpc) is 2.28. The lowest BCUT2D eigenvalue weighted by Gasteiger charge is -2.33. The van der Waals surface area contributed by atoms with Gasteiger partial charge in [0.25, 0.3) is 0 Å². The van der Waals surface area contributed by atoms with Crippen LogP contribution >= 0.6 is 0 Å². The van der Waals surface area contributed by atoms with Crippen LogP contribution in [-0.2, 0) is 14.8 Å². The summed E-state index contributed by atoms with van der Waals surface area (Å²) in [5.74, 6) is -0.245. The minimum absolute atomic E-state index is 0.100. The maximum absolute atomic E-state index is 12.2. The van der Waals surface area contributed by atoms with Crippen LogP contribution in [0.1, 0.15) is 19.8 Å². The monoisotopic (exact) mass is 271 g/mol. The van der Waals surface area contributed by atoms with E-state index in [0.717, 1.165) is 12.8 Å². The standard InChI is InChI=1S/C12H17NO4S/c1-12(7-4-8-17-9-12)13-18(15,16)11-6-3-2-5-10(11)14/h2-3,5-6,13-14H,4,7-9H2,1H3. The highest BCUT2D eigenvalue weighted by atomic mass is 32.2. The first-order chi connectivity index (χ1) is 8.43. The van der Waals surface area contributed by atoms with E-state index in [1.165, 1.54) is 12.1 Å². The minimum atomic E-state index is -3.73. The van der Waals surface area contributed by atoms with Crippen LogP contribution < -0.4 is 4.72 Å². The van der Waals surface area contributed by atoms with Gasteiger partial charge in [-0.2, -0.15) is 0 Å². The first-order valence-corrected chi connectivity index (χ1v) is 7.31. The molecule has 1 aromatic rings. The molecular weight excluding hydrogens is 254 g/mol. The third kappa shape index (κ3) is 2.82. The van der Waals surface area contributed by atoms with E-state index in [0.29, 0.717) is 13.2 Å². The second-order valence-electron chi connectivity index (χ2n) is 4.79. The Morgan fingerprint density at radius 1 is 1.39 bits per heavy atom. The van der Waals surface area contributed by atoms with Crippen molar-refractivity contribution in [3.63, 3.8) is 0 Å². The maximum Gasteiger partial charge on any atom is 0.244 e. The van der Waals surface area contributed by atoms with Crippen LogP contribution in [0.4, 0.5) is 0 Å². The van der Waals surface area contributed by atoms with E-state index in [-0.39, 0.29) is 10.6 Å². The number of para-hydroxylation sites is 1. The molecule has 0 aliphatic carbocycles. The third-order valence-corrected chi connectivity index (χ3v) is 4.66. The van der Waals surface area contributed by atoms with Crippen molar-refractivity contribution in [2.45, 2.75) is 30.2 Å². The SMILES string of the molecule is CC1(NS(=O)(=O)c2ccccc2O)CCCOC1. The van der Waals surface area contributed by atoms with Crippen molar-refractivity contribution in [1.29, 1.82) is 0 Å². The zero-order valence-electron chi connectivity index (χ0n) is 10.2. The number of ether oxygens (including phenoxy) is 1. The lowest BCUT2D eigenvalue weighted by Crippen LogP contribution is -2.51. The predicted octanol–water partition coefficient (Wildman–Crippen LogP) is 1.24. The van der Waals surface area contributed by atoms with Crippen molar-refractivity contribution in [2.75, 3.05) is 13.2 Å². The van der Waals surface area contributed by atoms with Crippen LogP contribution in [0, 0.1) is 0 Å². The van der Waals surface area contributed by atoms with Crippen molar-refractivity contribution < 1.29 is 18.3 Å². The zero-order chi connectivity index (χ0) is 13.2. The predicted molar refractivity (Wildman–Crippen MR) is 66.9 cm³/mol. The molecule has 1 aliphatic rings. The van der Waals surface area contributed by atoms with Gasteiger partial charge in [-0.25, -0.2) is 13.1 Å². The summed E-state index contributed by atoms with van der Waals surface area (Å²) in [4.78, 5) is -0.100. The molecule has 5 nitrogen and oxygen atoms in total. The molecule has 0 aromatic heterocycles. The lowest BCUT2D eigenvalue weighted by atomic mass is 9.97. The largest absolute Gasteiger partial charge is 0.507 e. The highest BCUT2D eigenvalue weighted by Crippen LogP contribution is 2.25. The van der Waals surface area contributed by atoms with Crippen LogP contribution in [0.25, 0.3) is 0 Å². The molecule has 0 radical (unpaired) electrons. The van der Waals surface area contributed by atoms with Gasteiger partial charge >= 0.3 is 0 Å². The Balaban J connectivity index is 2.25. The van der Waals surface area contributed by atoms with E-state index in [1.54, 1.807) is 12.1 Å². The Morgan fingerprint density at radius 3 is 2.72 bits per heavy atom. The Labute approximate surface area is 107 Å². The molecule has 0 spiro atoms. The summed E-state index contributed by atoms with van der Waals surface area (Å²) in [6.45, 7) is 2.82. The normalized spacial score (nSPS) is 24.9. The molecule has 1 aliphatic heterocycles. The average molecular weight is 271 g/mol. The Hall–Kier alpha value is -1.11. The molecule has 100 valence electrons. The molecule has 0 bridgehead atoms. The number of phenolic OH excluding ortho intramolecular Hbond substituents is 1. The number of hydrogen-bond donors (Lipinski definition) is 2. The molecule has 1 unspecified atom stereocenters. The molecule has 2 N–H and O–H groups in total. The van der Waals surface area contributed by atoms with Crippen molar-refractivity contribution in [1.82, 2.24) is 4.72 Å². The molecule has 6 heteroatoms. The molecular formula is C12H17NO4S. The highest BCUT2D eigenvalue weighted by Gasteiger charge is 2.33. The van der Waals surface area contributed by atoms with Gasteiger partial charge in [0.05, 0.1) is 12.1 Å². The molecule has 18 heavy (non-hydrogen) atoms. The van der Waals surface area contributed by atoms with Crippen LogP contribution in [0.15, 0.2) is 29.2 Å². The molecule has 0 saturated carbocycles. The van der Waals surface area contributed by atoms with Gasteiger partial charge in [0, 0.05) is 6.61 Å². The van der Waals surface area contributed by atoms with Gasteiger partial charge in [-0.15, -0.1) is 0 Å². The number of sulfonamides is 1. The van der Waals surface area contributed by atoms with Gasteiger partial charge in [-0.05, 0) is 31.9 Å². The van der Waals surface area contributed by atoms with Crippen molar-refractivity contribution in [2.24, 2.45) is 0 Å². The number of phenols is 1. The van der Waals surface area contributed by atoms with E-state index in [9.17, 15) is 13.5 Å². The third-order valence-electron chi connectivity index (χ3n) is 2.97. The zero-order valence-corrected chi connectivity index (χ0v) is 11.0. The molecule has 1 fully saturated rings. The van der Waals surface area contributed by atoms with Gasteiger partial charge in [0.15, 0.2) is 0 Å². The summed E-state index contributed by atoms with van der Waals surface area (Å²) in [5, 5.41) is 9.61. The van der Waals surface area contributed by atoms with Gasteiger partial charge in [-0.3, -0.25) is 0 Å². The van der Waals surface area contributed by atoms with E-state index >= 15 is 0 Å². The summed E-state index contributed by atoms with van der Waals surface area (Å²) in [6, 6.07) is 5.90. The summed E-state index contributed by atoms with van der Waals surface area (Å²) in [5.41, 5.74) is -0.612. The summed E-state index contributed by atoms with van der Waals surface area (Å²) >= 11 is 0. The van der Waals surface area contributed by atoms with Crippen molar-refractivity contribution >= 4 is 10.0 Å². The molecule has 2 rings (SSSR count). The maximum atomic E-state index is 12.2.